The first kappa shape index (κ1) is 9.86. The van der Waals surface area contributed by atoms with Crippen LogP contribution in [0.15, 0.2) is 30.6 Å². The van der Waals surface area contributed by atoms with Crippen molar-refractivity contribution in [1.82, 2.24) is 14.8 Å². The van der Waals surface area contributed by atoms with Crippen LogP contribution >= 0.6 is 0 Å². The van der Waals surface area contributed by atoms with Crippen molar-refractivity contribution in [2.75, 3.05) is 0 Å². The molecule has 0 saturated heterocycles. The highest BCUT2D eigenvalue weighted by molar-refractivity contribution is 5.85. The van der Waals surface area contributed by atoms with E-state index in [1.807, 2.05) is 6.07 Å². The van der Waals surface area contributed by atoms with E-state index in [-0.39, 0.29) is 5.69 Å². The lowest BCUT2D eigenvalue weighted by Crippen LogP contribution is -2.04. The summed E-state index contributed by atoms with van der Waals surface area (Å²) in [6.07, 6.45) is 2.96. The Morgan fingerprint density at radius 1 is 1.50 bits per heavy atom. The van der Waals surface area contributed by atoms with Gasteiger partial charge in [0.25, 0.3) is 0 Å². The quantitative estimate of drug-likeness (QED) is 0.799. The molecule has 0 aliphatic rings. The molecule has 1 N–H and O–H groups in total. The molecular weight excluding hydrogens is 208 g/mol. The summed E-state index contributed by atoms with van der Waals surface area (Å²) in [6, 6.07) is 6.52. The fourth-order valence-electron chi connectivity index (χ4n) is 1.22. The van der Waals surface area contributed by atoms with Gasteiger partial charge >= 0.3 is 5.97 Å². The van der Waals surface area contributed by atoms with Gasteiger partial charge in [0.15, 0.2) is 11.5 Å². The van der Waals surface area contributed by atoms with Crippen LogP contribution in [0.1, 0.15) is 16.1 Å². The number of nitrogens with zero attached hydrogens (tertiary/aromatic N) is 4. The van der Waals surface area contributed by atoms with Crippen molar-refractivity contribution in [3.63, 3.8) is 0 Å². The number of aromatic nitrogens is 3. The van der Waals surface area contributed by atoms with E-state index in [4.69, 9.17) is 10.4 Å². The van der Waals surface area contributed by atoms with Gasteiger partial charge in [-0.3, -0.25) is 0 Å². The molecule has 2 rings (SSSR count). The van der Waals surface area contributed by atoms with E-state index in [2.05, 4.69) is 10.1 Å². The molecule has 0 unspecified atom stereocenters. The van der Waals surface area contributed by atoms with Crippen LogP contribution in [-0.4, -0.2) is 25.8 Å². The van der Waals surface area contributed by atoms with E-state index in [1.54, 1.807) is 12.1 Å². The van der Waals surface area contributed by atoms with Crippen LogP contribution in [0.4, 0.5) is 0 Å². The van der Waals surface area contributed by atoms with Gasteiger partial charge in [-0.15, -0.1) is 0 Å². The van der Waals surface area contributed by atoms with Crippen molar-refractivity contribution >= 4 is 5.97 Å². The van der Waals surface area contributed by atoms with Gasteiger partial charge < -0.3 is 5.11 Å². The zero-order valence-electron chi connectivity index (χ0n) is 8.03. The summed E-state index contributed by atoms with van der Waals surface area (Å²) in [5.41, 5.74) is 0.247. The fourth-order valence-corrected chi connectivity index (χ4v) is 1.22. The van der Waals surface area contributed by atoms with Crippen LogP contribution in [0.2, 0.25) is 0 Å². The minimum absolute atomic E-state index is 0.0884. The van der Waals surface area contributed by atoms with E-state index < -0.39 is 5.97 Å². The standard InChI is InChI=1S/C10H6N4O2/c11-6-7-2-1-4-12-9(7)14-5-3-8(13-14)10(15)16/h1-5H,(H,15,16). The molecule has 2 aromatic heterocycles. The Hall–Kier alpha value is -2.68. The molecule has 6 nitrogen and oxygen atoms in total. The molecule has 0 aromatic carbocycles. The largest absolute Gasteiger partial charge is 0.476 e. The van der Waals surface area contributed by atoms with Gasteiger partial charge in [0.1, 0.15) is 6.07 Å². The molecule has 0 saturated carbocycles. The predicted molar refractivity (Wildman–Crippen MR) is 53.0 cm³/mol. The highest BCUT2D eigenvalue weighted by atomic mass is 16.4. The molecule has 0 atom stereocenters. The van der Waals surface area contributed by atoms with Crippen molar-refractivity contribution in [2.45, 2.75) is 0 Å². The average molecular weight is 214 g/mol. The van der Waals surface area contributed by atoms with Crippen LogP contribution < -0.4 is 0 Å². The van der Waals surface area contributed by atoms with Gasteiger partial charge in [-0.1, -0.05) is 0 Å². The number of hydrogen-bond acceptors (Lipinski definition) is 4. The van der Waals surface area contributed by atoms with Crippen molar-refractivity contribution in [2.24, 2.45) is 0 Å². The number of pyridine rings is 1. The lowest BCUT2D eigenvalue weighted by molar-refractivity contribution is 0.0690. The van der Waals surface area contributed by atoms with E-state index in [0.29, 0.717) is 11.4 Å². The molecule has 0 spiro atoms. The van der Waals surface area contributed by atoms with E-state index in [0.717, 1.165) is 0 Å². The van der Waals surface area contributed by atoms with E-state index in [1.165, 1.54) is 23.1 Å². The molecule has 2 heterocycles. The Morgan fingerprint density at radius 2 is 2.31 bits per heavy atom. The summed E-state index contributed by atoms with van der Waals surface area (Å²) >= 11 is 0. The third kappa shape index (κ3) is 1.62. The highest BCUT2D eigenvalue weighted by Gasteiger charge is 2.10. The van der Waals surface area contributed by atoms with Crippen LogP contribution in [0.3, 0.4) is 0 Å². The molecule has 0 bridgehead atoms. The van der Waals surface area contributed by atoms with Gasteiger partial charge in [-0.05, 0) is 18.2 Å². The summed E-state index contributed by atoms with van der Waals surface area (Å²) < 4.78 is 1.27. The zero-order valence-corrected chi connectivity index (χ0v) is 8.03. The Balaban J connectivity index is 2.51. The number of aromatic carboxylic acids is 1. The third-order valence-corrected chi connectivity index (χ3v) is 1.93. The molecular formula is C10H6N4O2. The number of carboxylic acid groups (broad SMARTS) is 1. The highest BCUT2D eigenvalue weighted by Crippen LogP contribution is 2.09. The second-order valence-corrected chi connectivity index (χ2v) is 2.94. The molecule has 0 radical (unpaired) electrons. The van der Waals surface area contributed by atoms with Gasteiger partial charge in [0.05, 0.1) is 5.56 Å². The van der Waals surface area contributed by atoms with Gasteiger partial charge in [0.2, 0.25) is 0 Å². The van der Waals surface area contributed by atoms with Crippen LogP contribution in [-0.2, 0) is 0 Å². The lowest BCUT2D eigenvalue weighted by atomic mass is 10.3. The predicted octanol–water partition coefficient (Wildman–Crippen LogP) is 0.837. The Morgan fingerprint density at radius 3 is 2.94 bits per heavy atom. The monoisotopic (exact) mass is 214 g/mol. The Kier molecular flexibility index (Phi) is 2.36. The summed E-state index contributed by atoms with van der Waals surface area (Å²) in [5, 5.41) is 21.4. The van der Waals surface area contributed by atoms with Crippen molar-refractivity contribution < 1.29 is 9.90 Å². The minimum Gasteiger partial charge on any atom is -0.476 e. The molecule has 6 heteroatoms. The number of carbonyl (C=O) groups is 1. The van der Waals surface area contributed by atoms with Crippen LogP contribution in [0, 0.1) is 11.3 Å². The molecule has 0 aliphatic heterocycles. The minimum atomic E-state index is -1.12. The smallest absolute Gasteiger partial charge is 0.356 e. The summed E-state index contributed by atoms with van der Waals surface area (Å²) in [6.45, 7) is 0. The maximum Gasteiger partial charge on any atom is 0.356 e. The van der Waals surface area contributed by atoms with Crippen molar-refractivity contribution in [3.8, 4) is 11.9 Å². The molecule has 16 heavy (non-hydrogen) atoms. The maximum absolute atomic E-state index is 10.6. The van der Waals surface area contributed by atoms with Crippen LogP contribution in [0.5, 0.6) is 0 Å². The first-order chi connectivity index (χ1) is 7.72. The second-order valence-electron chi connectivity index (χ2n) is 2.94. The number of rotatable bonds is 2. The molecule has 0 aliphatic carbocycles. The van der Waals surface area contributed by atoms with Crippen molar-refractivity contribution in [3.05, 3.63) is 41.9 Å². The first-order valence-electron chi connectivity index (χ1n) is 4.37. The lowest BCUT2D eigenvalue weighted by Gasteiger charge is -2.00. The zero-order chi connectivity index (χ0) is 11.5. The Labute approximate surface area is 90.4 Å². The molecule has 0 amide bonds. The van der Waals surface area contributed by atoms with Crippen LogP contribution in [0.25, 0.3) is 5.82 Å². The van der Waals surface area contributed by atoms with Gasteiger partial charge in [-0.25, -0.2) is 14.5 Å². The summed E-state index contributed by atoms with van der Waals surface area (Å²) in [4.78, 5) is 14.6. The maximum atomic E-state index is 10.6. The average Bonchev–Trinajstić information content (AvgIpc) is 2.78. The first-order valence-corrected chi connectivity index (χ1v) is 4.37. The van der Waals surface area contributed by atoms with E-state index >= 15 is 0 Å². The molecule has 2 aromatic rings. The van der Waals surface area contributed by atoms with Gasteiger partial charge in [-0.2, -0.15) is 10.4 Å². The molecule has 0 fully saturated rings. The number of hydrogen-bond donors (Lipinski definition) is 1. The fraction of sp³-hybridized carbons (Fsp3) is 0. The SMILES string of the molecule is N#Cc1cccnc1-n1ccc(C(=O)O)n1. The van der Waals surface area contributed by atoms with Crippen molar-refractivity contribution in [1.29, 1.82) is 5.26 Å². The summed E-state index contributed by atoms with van der Waals surface area (Å²) in [7, 11) is 0. The normalized spacial score (nSPS) is 9.69. The van der Waals surface area contributed by atoms with E-state index in [9.17, 15) is 4.79 Å². The number of carboxylic acids is 1. The van der Waals surface area contributed by atoms with Gasteiger partial charge in [0, 0.05) is 12.4 Å². The Bertz CT molecular complexity index is 583. The number of nitriles is 1. The summed E-state index contributed by atoms with van der Waals surface area (Å²) in [5.74, 6) is -0.800. The third-order valence-electron chi connectivity index (χ3n) is 1.93. The second kappa shape index (κ2) is 3.82. The molecule has 78 valence electrons. The topological polar surface area (TPSA) is 91.8 Å².